The van der Waals surface area contributed by atoms with Gasteiger partial charge in [-0.3, -0.25) is 4.79 Å². The SMILES string of the molecule is C=CC(=O)N1CCOc2ccc(F)cc2C1. The van der Waals surface area contributed by atoms with E-state index in [2.05, 4.69) is 6.58 Å². The Balaban J connectivity index is 2.29. The monoisotopic (exact) mass is 221 g/mol. The number of carbonyl (C=O) groups excluding carboxylic acids is 1. The maximum atomic E-state index is 13.1. The molecule has 0 saturated heterocycles. The lowest BCUT2D eigenvalue weighted by atomic mass is 10.2. The van der Waals surface area contributed by atoms with Gasteiger partial charge in [-0.15, -0.1) is 0 Å². The molecular formula is C12H12FNO2. The minimum absolute atomic E-state index is 0.166. The van der Waals surface area contributed by atoms with E-state index >= 15 is 0 Å². The number of halogens is 1. The van der Waals surface area contributed by atoms with Gasteiger partial charge < -0.3 is 9.64 Å². The van der Waals surface area contributed by atoms with Crippen LogP contribution in [0.15, 0.2) is 30.9 Å². The summed E-state index contributed by atoms with van der Waals surface area (Å²) in [5.74, 6) is 0.150. The van der Waals surface area contributed by atoms with Gasteiger partial charge in [0.15, 0.2) is 0 Å². The van der Waals surface area contributed by atoms with E-state index in [1.165, 1.54) is 18.2 Å². The number of hydrogen-bond acceptors (Lipinski definition) is 2. The van der Waals surface area contributed by atoms with Gasteiger partial charge in [0.05, 0.1) is 6.54 Å². The van der Waals surface area contributed by atoms with Gasteiger partial charge >= 0.3 is 0 Å². The largest absolute Gasteiger partial charge is 0.491 e. The zero-order chi connectivity index (χ0) is 11.5. The maximum Gasteiger partial charge on any atom is 0.246 e. The van der Waals surface area contributed by atoms with Crippen LogP contribution in [0.5, 0.6) is 5.75 Å². The van der Waals surface area contributed by atoms with Crippen molar-refractivity contribution in [3.8, 4) is 5.75 Å². The van der Waals surface area contributed by atoms with E-state index in [1.807, 2.05) is 0 Å². The Bertz CT molecular complexity index is 431. The summed E-state index contributed by atoms with van der Waals surface area (Å²) in [6, 6.07) is 4.33. The maximum absolute atomic E-state index is 13.1. The van der Waals surface area contributed by atoms with Crippen LogP contribution in [0.1, 0.15) is 5.56 Å². The van der Waals surface area contributed by atoms with E-state index in [9.17, 15) is 9.18 Å². The molecule has 0 bridgehead atoms. The van der Waals surface area contributed by atoms with Crippen molar-refractivity contribution in [3.63, 3.8) is 0 Å². The molecule has 0 unspecified atom stereocenters. The summed E-state index contributed by atoms with van der Waals surface area (Å²) >= 11 is 0. The summed E-state index contributed by atoms with van der Waals surface area (Å²) in [5.41, 5.74) is 0.688. The molecule has 1 aliphatic heterocycles. The summed E-state index contributed by atoms with van der Waals surface area (Å²) in [6.45, 7) is 4.70. The lowest BCUT2D eigenvalue weighted by Gasteiger charge is -2.17. The number of carbonyl (C=O) groups is 1. The molecule has 1 aromatic carbocycles. The molecule has 16 heavy (non-hydrogen) atoms. The van der Waals surface area contributed by atoms with Crippen molar-refractivity contribution in [2.75, 3.05) is 13.2 Å². The Hall–Kier alpha value is -1.84. The number of nitrogens with zero attached hydrogens (tertiary/aromatic N) is 1. The summed E-state index contributed by atoms with van der Waals surface area (Å²) in [5, 5.41) is 0. The standard InChI is InChI=1S/C12H12FNO2/c1-2-12(15)14-5-6-16-11-4-3-10(13)7-9(11)8-14/h2-4,7H,1,5-6,8H2. The van der Waals surface area contributed by atoms with Crippen LogP contribution >= 0.6 is 0 Å². The average Bonchev–Trinajstić information content (AvgIpc) is 2.49. The summed E-state index contributed by atoms with van der Waals surface area (Å²) in [4.78, 5) is 13.1. The molecule has 0 fully saturated rings. The van der Waals surface area contributed by atoms with E-state index in [4.69, 9.17) is 4.74 Å². The molecule has 1 heterocycles. The molecule has 2 rings (SSSR count). The fraction of sp³-hybridized carbons (Fsp3) is 0.250. The highest BCUT2D eigenvalue weighted by Crippen LogP contribution is 2.23. The van der Waals surface area contributed by atoms with Crippen molar-refractivity contribution < 1.29 is 13.9 Å². The van der Waals surface area contributed by atoms with Crippen molar-refractivity contribution in [2.45, 2.75) is 6.54 Å². The van der Waals surface area contributed by atoms with Crippen molar-refractivity contribution in [1.29, 1.82) is 0 Å². The second-order valence-electron chi connectivity index (χ2n) is 3.56. The second-order valence-corrected chi connectivity index (χ2v) is 3.56. The Labute approximate surface area is 93.1 Å². The van der Waals surface area contributed by atoms with Crippen LogP contribution in [0.4, 0.5) is 4.39 Å². The molecule has 0 aromatic heterocycles. The summed E-state index contributed by atoms with van der Waals surface area (Å²) < 4.78 is 18.5. The number of amides is 1. The van der Waals surface area contributed by atoms with Crippen molar-refractivity contribution >= 4 is 5.91 Å². The highest BCUT2D eigenvalue weighted by molar-refractivity contribution is 5.87. The summed E-state index contributed by atoms with van der Waals surface area (Å²) in [6.07, 6.45) is 1.25. The molecule has 3 nitrogen and oxygen atoms in total. The number of fused-ring (bicyclic) bond motifs is 1. The first kappa shape index (κ1) is 10.7. The van der Waals surface area contributed by atoms with E-state index in [0.717, 1.165) is 0 Å². The van der Waals surface area contributed by atoms with Gasteiger partial charge in [-0.1, -0.05) is 6.58 Å². The fourth-order valence-electron chi connectivity index (χ4n) is 1.68. The predicted octanol–water partition coefficient (Wildman–Crippen LogP) is 1.73. The third kappa shape index (κ3) is 2.05. The van der Waals surface area contributed by atoms with Crippen LogP contribution in [-0.2, 0) is 11.3 Å². The molecule has 1 aromatic rings. The summed E-state index contributed by atoms with van der Waals surface area (Å²) in [7, 11) is 0. The van der Waals surface area contributed by atoms with Crippen LogP contribution in [0, 0.1) is 5.82 Å². The van der Waals surface area contributed by atoms with Crippen molar-refractivity contribution in [2.24, 2.45) is 0 Å². The predicted molar refractivity (Wildman–Crippen MR) is 57.5 cm³/mol. The van der Waals surface area contributed by atoms with Gasteiger partial charge in [-0.2, -0.15) is 0 Å². The Kier molecular flexibility index (Phi) is 2.90. The van der Waals surface area contributed by atoms with E-state index in [-0.39, 0.29) is 11.7 Å². The van der Waals surface area contributed by atoms with Gasteiger partial charge in [0.2, 0.25) is 5.91 Å². The molecular weight excluding hydrogens is 209 g/mol. The van der Waals surface area contributed by atoms with E-state index < -0.39 is 0 Å². The first-order chi connectivity index (χ1) is 7.70. The van der Waals surface area contributed by atoms with Crippen LogP contribution < -0.4 is 4.74 Å². The lowest BCUT2D eigenvalue weighted by Crippen LogP contribution is -2.30. The van der Waals surface area contributed by atoms with E-state index in [1.54, 1.807) is 11.0 Å². The molecule has 84 valence electrons. The molecule has 0 saturated carbocycles. The number of rotatable bonds is 1. The zero-order valence-electron chi connectivity index (χ0n) is 8.78. The Morgan fingerprint density at radius 1 is 1.56 bits per heavy atom. The van der Waals surface area contributed by atoms with Gasteiger partial charge in [0, 0.05) is 12.1 Å². The molecule has 0 radical (unpaired) electrons. The van der Waals surface area contributed by atoms with Gasteiger partial charge in [0.1, 0.15) is 18.2 Å². The Morgan fingerprint density at radius 3 is 3.12 bits per heavy atom. The number of hydrogen-bond donors (Lipinski definition) is 0. The van der Waals surface area contributed by atoms with Gasteiger partial charge in [-0.25, -0.2) is 4.39 Å². The molecule has 0 N–H and O–H groups in total. The molecule has 0 aliphatic carbocycles. The molecule has 4 heteroatoms. The van der Waals surface area contributed by atoms with Crippen LogP contribution in [0.3, 0.4) is 0 Å². The number of ether oxygens (including phenoxy) is 1. The van der Waals surface area contributed by atoms with Crippen LogP contribution in [0.25, 0.3) is 0 Å². The molecule has 1 amide bonds. The Morgan fingerprint density at radius 2 is 2.38 bits per heavy atom. The van der Waals surface area contributed by atoms with E-state index in [0.29, 0.717) is 31.0 Å². The van der Waals surface area contributed by atoms with Crippen molar-refractivity contribution in [1.82, 2.24) is 4.90 Å². The highest BCUT2D eigenvalue weighted by atomic mass is 19.1. The van der Waals surface area contributed by atoms with Crippen LogP contribution in [0.2, 0.25) is 0 Å². The number of benzene rings is 1. The second kappa shape index (κ2) is 4.35. The first-order valence-electron chi connectivity index (χ1n) is 5.03. The quantitative estimate of drug-likeness (QED) is 0.676. The van der Waals surface area contributed by atoms with Crippen LogP contribution in [-0.4, -0.2) is 24.0 Å². The lowest BCUT2D eigenvalue weighted by molar-refractivity contribution is -0.126. The minimum atomic E-state index is -0.324. The van der Waals surface area contributed by atoms with Crippen molar-refractivity contribution in [3.05, 3.63) is 42.2 Å². The normalized spacial score (nSPS) is 14.7. The smallest absolute Gasteiger partial charge is 0.246 e. The highest BCUT2D eigenvalue weighted by Gasteiger charge is 2.18. The minimum Gasteiger partial charge on any atom is -0.491 e. The molecule has 0 atom stereocenters. The third-order valence-corrected chi connectivity index (χ3v) is 2.49. The molecule has 1 aliphatic rings. The topological polar surface area (TPSA) is 29.5 Å². The van der Waals surface area contributed by atoms with Gasteiger partial charge in [0.25, 0.3) is 0 Å². The average molecular weight is 221 g/mol. The zero-order valence-corrected chi connectivity index (χ0v) is 8.78. The molecule has 0 spiro atoms. The third-order valence-electron chi connectivity index (χ3n) is 2.49. The first-order valence-corrected chi connectivity index (χ1v) is 5.03. The fourth-order valence-corrected chi connectivity index (χ4v) is 1.68. The van der Waals surface area contributed by atoms with Gasteiger partial charge in [-0.05, 0) is 24.3 Å².